The average molecular weight is 231 g/mol. The van der Waals surface area contributed by atoms with Crippen molar-refractivity contribution in [2.24, 2.45) is 5.41 Å². The van der Waals surface area contributed by atoms with Gasteiger partial charge in [0.25, 0.3) is 0 Å². The Hall–Kier alpha value is -0.920. The van der Waals surface area contributed by atoms with Gasteiger partial charge in [0, 0.05) is 0 Å². The van der Waals surface area contributed by atoms with Crippen LogP contribution in [0.4, 0.5) is 13.2 Å². The fourth-order valence-electron chi connectivity index (χ4n) is 0.418. The minimum atomic E-state index is -5.68. The van der Waals surface area contributed by atoms with Gasteiger partial charge in [0.2, 0.25) is 0 Å². The molecule has 0 fully saturated rings. The van der Waals surface area contributed by atoms with E-state index in [1.54, 1.807) is 20.8 Å². The molecule has 0 atom stereocenters. The van der Waals surface area contributed by atoms with Crippen LogP contribution in [-0.2, 0) is 15.1 Å². The van der Waals surface area contributed by atoms with Crippen molar-refractivity contribution in [3.63, 3.8) is 0 Å². The third kappa shape index (κ3) is 4.95. The molecular formula is C6H11F2NO4S. The van der Waals surface area contributed by atoms with Gasteiger partial charge in [-0.15, -0.1) is 0 Å². The summed E-state index contributed by atoms with van der Waals surface area (Å²) < 4.78 is 46.5. The standard InChI is InChI=1S/C6H11F2NO4S/c1-6(2,3)4-13-5(10)9(7)14(8,11)12/h4H2,1-3H3. The molecule has 0 spiro atoms. The van der Waals surface area contributed by atoms with Crippen molar-refractivity contribution in [3.05, 3.63) is 0 Å². The molecule has 0 aliphatic heterocycles. The number of ether oxygens (including phenoxy) is 1. The molecule has 0 heterocycles. The molecule has 8 heteroatoms. The molecule has 0 N–H and O–H groups in total. The van der Waals surface area contributed by atoms with Gasteiger partial charge in [-0.05, 0) is 9.94 Å². The van der Waals surface area contributed by atoms with Crippen LogP contribution in [-0.4, -0.2) is 25.6 Å². The summed E-state index contributed by atoms with van der Waals surface area (Å²) in [6, 6.07) is 0. The molecule has 0 bridgehead atoms. The van der Waals surface area contributed by atoms with E-state index >= 15 is 0 Å². The summed E-state index contributed by atoms with van der Waals surface area (Å²) in [5, 5.41) is 0. The monoisotopic (exact) mass is 231 g/mol. The number of halogens is 2. The van der Waals surface area contributed by atoms with Crippen LogP contribution in [0.1, 0.15) is 20.8 Å². The first-order valence-corrected chi connectivity index (χ1v) is 4.95. The molecule has 84 valence electrons. The number of nitrogens with zero attached hydrogens (tertiary/aromatic N) is 1. The number of carbonyl (C=O) groups excluding carboxylic acids is 1. The van der Waals surface area contributed by atoms with Crippen molar-refractivity contribution in [1.82, 2.24) is 4.53 Å². The van der Waals surface area contributed by atoms with E-state index in [4.69, 9.17) is 0 Å². The third-order valence-electron chi connectivity index (χ3n) is 0.964. The first-order valence-electron chi connectivity index (χ1n) is 3.61. The predicted octanol–water partition coefficient (Wildman–Crippen LogP) is 1.57. The Morgan fingerprint density at radius 2 is 1.86 bits per heavy atom. The molecule has 1 amide bonds. The Labute approximate surface area is 80.9 Å². The lowest BCUT2D eigenvalue weighted by molar-refractivity contribution is 0.0446. The molecule has 0 radical (unpaired) electrons. The predicted molar refractivity (Wildman–Crippen MR) is 43.8 cm³/mol. The molecule has 0 rings (SSSR count). The number of hydrogen-bond acceptors (Lipinski definition) is 4. The summed E-state index contributed by atoms with van der Waals surface area (Å²) in [6.45, 7) is 4.80. The fourth-order valence-corrected chi connectivity index (χ4v) is 0.649. The van der Waals surface area contributed by atoms with Crippen molar-refractivity contribution >= 4 is 16.5 Å². The molecule has 0 unspecified atom stereocenters. The van der Waals surface area contributed by atoms with E-state index in [1.165, 1.54) is 0 Å². The van der Waals surface area contributed by atoms with Crippen molar-refractivity contribution in [2.45, 2.75) is 20.8 Å². The maximum atomic E-state index is 12.3. The lowest BCUT2D eigenvalue weighted by Crippen LogP contribution is -2.30. The fraction of sp³-hybridized carbons (Fsp3) is 0.833. The molecule has 0 aromatic carbocycles. The van der Waals surface area contributed by atoms with Crippen molar-refractivity contribution in [2.75, 3.05) is 6.61 Å². The van der Waals surface area contributed by atoms with E-state index in [0.717, 1.165) is 0 Å². The van der Waals surface area contributed by atoms with Gasteiger partial charge in [0.15, 0.2) is 0 Å². The van der Waals surface area contributed by atoms with Gasteiger partial charge in [-0.1, -0.05) is 29.1 Å². The normalized spacial score (nSPS) is 12.4. The van der Waals surface area contributed by atoms with Crippen LogP contribution in [0.25, 0.3) is 0 Å². The van der Waals surface area contributed by atoms with Crippen LogP contribution in [0.5, 0.6) is 0 Å². The third-order valence-corrected chi connectivity index (χ3v) is 1.50. The minimum Gasteiger partial charge on any atom is -0.446 e. The summed E-state index contributed by atoms with van der Waals surface area (Å²) in [6.07, 6.45) is -1.89. The van der Waals surface area contributed by atoms with Gasteiger partial charge in [-0.3, -0.25) is 0 Å². The van der Waals surface area contributed by atoms with Crippen LogP contribution in [0, 0.1) is 5.41 Å². The van der Waals surface area contributed by atoms with Crippen LogP contribution >= 0.6 is 0 Å². The Morgan fingerprint density at radius 3 is 2.14 bits per heavy atom. The number of carbonyl (C=O) groups is 1. The zero-order valence-corrected chi connectivity index (χ0v) is 8.77. The number of hydrogen-bond donors (Lipinski definition) is 0. The maximum absolute atomic E-state index is 12.3. The van der Waals surface area contributed by atoms with Gasteiger partial charge in [-0.25, -0.2) is 4.79 Å². The topological polar surface area (TPSA) is 63.7 Å². The van der Waals surface area contributed by atoms with E-state index in [-0.39, 0.29) is 6.61 Å². The molecule has 0 aliphatic rings. The van der Waals surface area contributed by atoms with Crippen LogP contribution < -0.4 is 0 Å². The lowest BCUT2D eigenvalue weighted by atomic mass is 9.99. The molecule has 0 aromatic heterocycles. The highest BCUT2D eigenvalue weighted by Crippen LogP contribution is 2.15. The molecule has 5 nitrogen and oxygen atoms in total. The Kier molecular flexibility index (Phi) is 3.81. The molecule has 14 heavy (non-hydrogen) atoms. The van der Waals surface area contributed by atoms with E-state index in [9.17, 15) is 21.6 Å². The molecular weight excluding hydrogens is 220 g/mol. The van der Waals surface area contributed by atoms with Crippen LogP contribution in [0.15, 0.2) is 0 Å². The molecule has 0 saturated heterocycles. The quantitative estimate of drug-likeness (QED) is 0.534. The molecule has 0 aromatic rings. The summed E-state index contributed by atoms with van der Waals surface area (Å²) in [7, 11) is -5.68. The highest BCUT2D eigenvalue weighted by atomic mass is 32.3. The largest absolute Gasteiger partial charge is 0.455 e. The van der Waals surface area contributed by atoms with E-state index in [2.05, 4.69) is 4.74 Å². The highest BCUT2D eigenvalue weighted by molar-refractivity contribution is 7.84. The van der Waals surface area contributed by atoms with E-state index < -0.39 is 26.4 Å². The SMILES string of the molecule is CC(C)(C)COC(=O)N(F)S(=O)(=O)F. The second-order valence-corrected chi connectivity index (χ2v) is 4.92. The van der Waals surface area contributed by atoms with E-state index in [1.807, 2.05) is 0 Å². The summed E-state index contributed by atoms with van der Waals surface area (Å²) in [5.74, 6) is 0. The van der Waals surface area contributed by atoms with Crippen molar-refractivity contribution < 1.29 is 26.3 Å². The van der Waals surface area contributed by atoms with Gasteiger partial charge >= 0.3 is 16.5 Å². The van der Waals surface area contributed by atoms with Gasteiger partial charge in [0.05, 0.1) is 6.61 Å². The summed E-state index contributed by atoms with van der Waals surface area (Å²) in [4.78, 5) is 10.5. The van der Waals surface area contributed by atoms with Crippen molar-refractivity contribution in [1.29, 1.82) is 0 Å². The first kappa shape index (κ1) is 13.1. The second-order valence-electron chi connectivity index (χ2n) is 3.77. The lowest BCUT2D eigenvalue weighted by Gasteiger charge is -2.18. The number of rotatable bonds is 2. The Morgan fingerprint density at radius 1 is 1.43 bits per heavy atom. The molecule has 0 aliphatic carbocycles. The summed E-state index contributed by atoms with van der Waals surface area (Å²) in [5.41, 5.74) is -0.462. The first-order chi connectivity index (χ1) is 6.04. The number of amides is 1. The van der Waals surface area contributed by atoms with E-state index in [0.29, 0.717) is 0 Å². The average Bonchev–Trinajstić information content (AvgIpc) is 1.95. The maximum Gasteiger partial charge on any atom is 0.455 e. The van der Waals surface area contributed by atoms with Gasteiger partial charge < -0.3 is 4.74 Å². The smallest absolute Gasteiger partial charge is 0.446 e. The highest BCUT2D eigenvalue weighted by Gasteiger charge is 2.30. The van der Waals surface area contributed by atoms with Crippen LogP contribution in [0.3, 0.4) is 0 Å². The van der Waals surface area contributed by atoms with Crippen LogP contribution in [0.2, 0.25) is 0 Å². The second kappa shape index (κ2) is 4.07. The van der Waals surface area contributed by atoms with Gasteiger partial charge in [0.1, 0.15) is 0 Å². The Balaban J connectivity index is 4.25. The van der Waals surface area contributed by atoms with Crippen molar-refractivity contribution in [3.8, 4) is 0 Å². The Bertz CT molecular complexity index is 308. The van der Waals surface area contributed by atoms with Gasteiger partial charge in [-0.2, -0.15) is 8.42 Å². The zero-order valence-electron chi connectivity index (χ0n) is 7.95. The zero-order chi connectivity index (χ0) is 11.6. The molecule has 0 saturated carbocycles. The minimum absolute atomic E-state index is 0.220. The summed E-state index contributed by atoms with van der Waals surface area (Å²) >= 11 is 0.